The smallest absolute Gasteiger partial charge is 0.0958 e. The van der Waals surface area contributed by atoms with Gasteiger partial charge in [-0.3, -0.25) is 0 Å². The van der Waals surface area contributed by atoms with Gasteiger partial charge in [-0.05, 0) is 19.1 Å². The lowest BCUT2D eigenvalue weighted by Crippen LogP contribution is -2.08. The van der Waals surface area contributed by atoms with E-state index in [1.807, 2.05) is 12.1 Å². The van der Waals surface area contributed by atoms with Crippen molar-refractivity contribution < 1.29 is 4.74 Å². The lowest BCUT2D eigenvalue weighted by Gasteiger charge is -2.05. The van der Waals surface area contributed by atoms with E-state index in [-0.39, 0.29) is 6.10 Å². The monoisotopic (exact) mass is 311 g/mol. The first-order chi connectivity index (χ1) is 8.19. The van der Waals surface area contributed by atoms with Crippen LogP contribution in [-0.4, -0.2) is 18.2 Å². The maximum atomic E-state index is 5.25. The van der Waals surface area contributed by atoms with Crippen molar-refractivity contribution in [1.82, 2.24) is 4.98 Å². The Kier molecular flexibility index (Phi) is 4.31. The van der Waals surface area contributed by atoms with Crippen LogP contribution in [0.15, 0.2) is 34.1 Å². The van der Waals surface area contributed by atoms with Crippen LogP contribution in [0.5, 0.6) is 0 Å². The predicted molar refractivity (Wildman–Crippen MR) is 75.4 cm³/mol. The molecule has 2 rings (SSSR count). The minimum atomic E-state index is 0.221. The maximum Gasteiger partial charge on any atom is 0.0958 e. The Morgan fingerprint density at radius 2 is 2.06 bits per heavy atom. The maximum absolute atomic E-state index is 5.25. The molecule has 0 N–H and O–H groups in total. The molecule has 0 aliphatic carbocycles. The Morgan fingerprint density at radius 3 is 2.71 bits per heavy atom. The molecule has 4 heteroatoms. The average Bonchev–Trinajstić information content (AvgIpc) is 2.78. The van der Waals surface area contributed by atoms with Crippen LogP contribution in [0.2, 0.25) is 0 Å². The molecule has 1 aromatic carbocycles. The van der Waals surface area contributed by atoms with Gasteiger partial charge in [0.15, 0.2) is 0 Å². The van der Waals surface area contributed by atoms with E-state index in [2.05, 4.69) is 45.4 Å². The summed E-state index contributed by atoms with van der Waals surface area (Å²) in [5, 5.41) is 3.22. The molecule has 90 valence electrons. The van der Waals surface area contributed by atoms with Crippen molar-refractivity contribution in [1.29, 1.82) is 0 Å². The molecule has 0 spiro atoms. The summed E-state index contributed by atoms with van der Waals surface area (Å²) < 4.78 is 6.33. The summed E-state index contributed by atoms with van der Waals surface area (Å²) in [4.78, 5) is 4.62. The first kappa shape index (κ1) is 12.7. The Balaban J connectivity index is 2.15. The van der Waals surface area contributed by atoms with Crippen molar-refractivity contribution in [3.8, 4) is 11.3 Å². The van der Waals surface area contributed by atoms with Gasteiger partial charge in [0, 0.05) is 28.9 Å². The van der Waals surface area contributed by atoms with Gasteiger partial charge in [-0.1, -0.05) is 28.1 Å². The van der Waals surface area contributed by atoms with Crippen LogP contribution in [0.4, 0.5) is 0 Å². The fraction of sp³-hybridized carbons (Fsp3) is 0.308. The molecule has 0 aliphatic heterocycles. The van der Waals surface area contributed by atoms with E-state index in [1.165, 1.54) is 0 Å². The van der Waals surface area contributed by atoms with Crippen LogP contribution in [0.1, 0.15) is 11.9 Å². The molecule has 0 saturated heterocycles. The zero-order valence-corrected chi connectivity index (χ0v) is 12.2. The van der Waals surface area contributed by atoms with Crippen LogP contribution < -0.4 is 0 Å². The van der Waals surface area contributed by atoms with Crippen LogP contribution in [0, 0.1) is 0 Å². The van der Waals surface area contributed by atoms with Gasteiger partial charge in [0.1, 0.15) is 0 Å². The van der Waals surface area contributed by atoms with Crippen molar-refractivity contribution in [2.75, 3.05) is 7.11 Å². The second-order valence-electron chi connectivity index (χ2n) is 3.88. The molecule has 0 bridgehead atoms. The number of halogens is 1. The normalized spacial score (nSPS) is 12.6. The molecule has 0 amide bonds. The molecule has 2 nitrogen and oxygen atoms in total. The van der Waals surface area contributed by atoms with E-state index in [0.29, 0.717) is 0 Å². The Morgan fingerprint density at radius 1 is 1.35 bits per heavy atom. The van der Waals surface area contributed by atoms with Gasteiger partial charge in [0.2, 0.25) is 0 Å². The highest BCUT2D eigenvalue weighted by atomic mass is 79.9. The van der Waals surface area contributed by atoms with Crippen molar-refractivity contribution in [3.63, 3.8) is 0 Å². The molecular weight excluding hydrogens is 298 g/mol. The number of benzene rings is 1. The number of rotatable bonds is 4. The molecule has 1 heterocycles. The molecule has 2 aromatic rings. The Bertz CT molecular complexity index is 480. The number of ether oxygens (including phenoxy) is 1. The van der Waals surface area contributed by atoms with Crippen molar-refractivity contribution in [2.24, 2.45) is 0 Å². The molecule has 0 saturated carbocycles. The molecule has 17 heavy (non-hydrogen) atoms. The summed E-state index contributed by atoms with van der Waals surface area (Å²) in [7, 11) is 1.73. The van der Waals surface area contributed by atoms with E-state index < -0.39 is 0 Å². The van der Waals surface area contributed by atoms with Crippen LogP contribution in [0.25, 0.3) is 11.3 Å². The standard InChI is InChI=1S/C13H14BrNOS/c1-9(16-2)7-13-15-12(8-17-13)10-3-5-11(14)6-4-10/h3-6,8-9H,7H2,1-2H3. The lowest BCUT2D eigenvalue weighted by molar-refractivity contribution is 0.119. The SMILES string of the molecule is COC(C)Cc1nc(-c2ccc(Br)cc2)cs1. The van der Waals surface area contributed by atoms with Gasteiger partial charge < -0.3 is 4.74 Å². The number of hydrogen-bond acceptors (Lipinski definition) is 3. The summed E-state index contributed by atoms with van der Waals surface area (Å²) in [6, 6.07) is 8.21. The number of nitrogens with zero attached hydrogens (tertiary/aromatic N) is 1. The van der Waals surface area contributed by atoms with E-state index in [1.54, 1.807) is 18.4 Å². The highest BCUT2D eigenvalue weighted by Crippen LogP contribution is 2.24. The fourth-order valence-electron chi connectivity index (χ4n) is 1.49. The highest BCUT2D eigenvalue weighted by Gasteiger charge is 2.08. The lowest BCUT2D eigenvalue weighted by atomic mass is 10.2. The number of hydrogen-bond donors (Lipinski definition) is 0. The van der Waals surface area contributed by atoms with Crippen molar-refractivity contribution in [2.45, 2.75) is 19.4 Å². The third kappa shape index (κ3) is 3.37. The van der Waals surface area contributed by atoms with Gasteiger partial charge in [-0.25, -0.2) is 4.98 Å². The second kappa shape index (κ2) is 5.76. The Labute approximate surface area is 114 Å². The van der Waals surface area contributed by atoms with Crippen molar-refractivity contribution in [3.05, 3.63) is 39.1 Å². The summed E-state index contributed by atoms with van der Waals surface area (Å²) in [5.41, 5.74) is 2.20. The third-order valence-electron chi connectivity index (χ3n) is 2.56. The van der Waals surface area contributed by atoms with Gasteiger partial charge in [-0.2, -0.15) is 0 Å². The van der Waals surface area contributed by atoms with E-state index in [0.717, 1.165) is 27.2 Å². The largest absolute Gasteiger partial charge is 0.381 e. The molecule has 0 aliphatic rings. The van der Waals surface area contributed by atoms with E-state index >= 15 is 0 Å². The van der Waals surface area contributed by atoms with E-state index in [4.69, 9.17) is 4.74 Å². The highest BCUT2D eigenvalue weighted by molar-refractivity contribution is 9.10. The molecule has 1 aromatic heterocycles. The average molecular weight is 312 g/mol. The molecule has 0 radical (unpaired) electrons. The van der Waals surface area contributed by atoms with Crippen LogP contribution in [0.3, 0.4) is 0 Å². The third-order valence-corrected chi connectivity index (χ3v) is 3.96. The molecule has 0 fully saturated rings. The minimum absolute atomic E-state index is 0.221. The van der Waals surface area contributed by atoms with Gasteiger partial charge in [-0.15, -0.1) is 11.3 Å². The fourth-order valence-corrected chi connectivity index (χ4v) is 2.67. The summed E-state index contributed by atoms with van der Waals surface area (Å²) >= 11 is 5.12. The second-order valence-corrected chi connectivity index (χ2v) is 5.74. The number of thiazole rings is 1. The molecular formula is C13H14BrNOS. The minimum Gasteiger partial charge on any atom is -0.381 e. The Hall–Kier alpha value is -0.710. The zero-order valence-electron chi connectivity index (χ0n) is 9.81. The topological polar surface area (TPSA) is 22.1 Å². The quantitative estimate of drug-likeness (QED) is 0.846. The van der Waals surface area contributed by atoms with E-state index in [9.17, 15) is 0 Å². The summed E-state index contributed by atoms with van der Waals surface area (Å²) in [6.07, 6.45) is 1.09. The first-order valence-electron chi connectivity index (χ1n) is 5.42. The summed E-state index contributed by atoms with van der Waals surface area (Å²) in [5.74, 6) is 0. The number of methoxy groups -OCH3 is 1. The number of aromatic nitrogens is 1. The van der Waals surface area contributed by atoms with Gasteiger partial charge in [0.25, 0.3) is 0 Å². The molecule has 1 unspecified atom stereocenters. The van der Waals surface area contributed by atoms with Crippen molar-refractivity contribution >= 4 is 27.3 Å². The summed E-state index contributed by atoms with van der Waals surface area (Å²) in [6.45, 7) is 2.06. The van der Waals surface area contributed by atoms with Gasteiger partial charge in [0.05, 0.1) is 16.8 Å². The predicted octanol–water partition coefficient (Wildman–Crippen LogP) is 4.15. The zero-order chi connectivity index (χ0) is 12.3. The first-order valence-corrected chi connectivity index (χ1v) is 7.09. The van der Waals surface area contributed by atoms with Gasteiger partial charge >= 0.3 is 0 Å². The van der Waals surface area contributed by atoms with Crippen LogP contribution in [-0.2, 0) is 11.2 Å². The molecule has 1 atom stereocenters. The van der Waals surface area contributed by atoms with Crippen LogP contribution >= 0.6 is 27.3 Å².